The zero-order valence-electron chi connectivity index (χ0n) is 10.2. The third kappa shape index (κ3) is 2.77. The molecule has 1 aromatic heterocycles. The van der Waals surface area contributed by atoms with Gasteiger partial charge in [-0.1, -0.05) is 6.92 Å². The molecule has 0 spiro atoms. The summed E-state index contributed by atoms with van der Waals surface area (Å²) >= 11 is 0. The van der Waals surface area contributed by atoms with E-state index in [0.29, 0.717) is 13.2 Å². The van der Waals surface area contributed by atoms with Crippen LogP contribution in [-0.2, 0) is 9.53 Å². The monoisotopic (exact) mass is 251 g/mol. The van der Waals surface area contributed by atoms with Gasteiger partial charge in [-0.05, 0) is 18.7 Å². The molecule has 1 aliphatic rings. The standard InChI is InChI=1S/C12H17N3O3/c1-2-13-9-7-18-6-8(9)12(17)15-11-10(16)4-3-5-14-11/h3-5,8-9,13,16H,2,6-7H2,1H3,(H,14,15,17). The normalized spacial score (nSPS) is 22.9. The number of rotatable bonds is 4. The van der Waals surface area contributed by atoms with Crippen LogP contribution in [0.1, 0.15) is 6.92 Å². The minimum Gasteiger partial charge on any atom is -0.504 e. The van der Waals surface area contributed by atoms with E-state index in [0.717, 1.165) is 6.54 Å². The first-order valence-corrected chi connectivity index (χ1v) is 5.98. The summed E-state index contributed by atoms with van der Waals surface area (Å²) in [5, 5.41) is 15.4. The molecule has 2 atom stereocenters. The lowest BCUT2D eigenvalue weighted by Gasteiger charge is -2.17. The van der Waals surface area contributed by atoms with Gasteiger partial charge in [-0.2, -0.15) is 0 Å². The van der Waals surface area contributed by atoms with Gasteiger partial charge in [0.15, 0.2) is 11.6 Å². The summed E-state index contributed by atoms with van der Waals surface area (Å²) in [6.07, 6.45) is 1.52. The number of aromatic nitrogens is 1. The number of nitrogens with zero attached hydrogens (tertiary/aromatic N) is 1. The van der Waals surface area contributed by atoms with Crippen molar-refractivity contribution in [2.24, 2.45) is 5.92 Å². The Bertz CT molecular complexity index is 425. The van der Waals surface area contributed by atoms with Gasteiger partial charge in [0.1, 0.15) is 0 Å². The Kier molecular flexibility index (Phi) is 4.11. The second-order valence-corrected chi connectivity index (χ2v) is 4.17. The van der Waals surface area contributed by atoms with Crippen LogP contribution >= 0.6 is 0 Å². The van der Waals surface area contributed by atoms with Crippen LogP contribution in [0.3, 0.4) is 0 Å². The molecule has 0 aliphatic carbocycles. The Morgan fingerprint density at radius 2 is 2.44 bits per heavy atom. The molecule has 1 fully saturated rings. The lowest BCUT2D eigenvalue weighted by Crippen LogP contribution is -2.41. The van der Waals surface area contributed by atoms with Crippen molar-refractivity contribution in [1.29, 1.82) is 0 Å². The van der Waals surface area contributed by atoms with Crippen molar-refractivity contribution in [3.05, 3.63) is 18.3 Å². The Balaban J connectivity index is 2.01. The lowest BCUT2D eigenvalue weighted by molar-refractivity contribution is -0.120. The fourth-order valence-corrected chi connectivity index (χ4v) is 1.98. The molecule has 3 N–H and O–H groups in total. The molecule has 2 unspecified atom stereocenters. The van der Waals surface area contributed by atoms with Crippen LogP contribution in [0.5, 0.6) is 5.75 Å². The minimum absolute atomic E-state index is 0.0147. The van der Waals surface area contributed by atoms with E-state index in [1.165, 1.54) is 12.3 Å². The van der Waals surface area contributed by atoms with Crippen LogP contribution in [0.15, 0.2) is 18.3 Å². The summed E-state index contributed by atoms with van der Waals surface area (Å²) in [6.45, 7) is 3.68. The lowest BCUT2D eigenvalue weighted by atomic mass is 10.0. The van der Waals surface area contributed by atoms with Crippen LogP contribution in [0.4, 0.5) is 5.82 Å². The summed E-state index contributed by atoms with van der Waals surface area (Å²) in [6, 6.07) is 3.10. The van der Waals surface area contributed by atoms with E-state index in [2.05, 4.69) is 15.6 Å². The number of carbonyl (C=O) groups is 1. The average Bonchev–Trinajstić information content (AvgIpc) is 2.81. The third-order valence-electron chi connectivity index (χ3n) is 2.91. The van der Waals surface area contributed by atoms with Crippen LogP contribution < -0.4 is 10.6 Å². The number of amides is 1. The smallest absolute Gasteiger partial charge is 0.232 e. The van der Waals surface area contributed by atoms with Gasteiger partial charge in [-0.15, -0.1) is 0 Å². The van der Waals surface area contributed by atoms with Crippen LogP contribution in [0, 0.1) is 5.92 Å². The zero-order chi connectivity index (χ0) is 13.0. The SMILES string of the molecule is CCNC1COCC1C(=O)Nc1ncccc1O. The van der Waals surface area contributed by atoms with E-state index in [1.807, 2.05) is 6.92 Å². The quantitative estimate of drug-likeness (QED) is 0.719. The number of aromatic hydroxyl groups is 1. The van der Waals surface area contributed by atoms with Crippen molar-refractivity contribution in [3.8, 4) is 5.75 Å². The minimum atomic E-state index is -0.258. The molecule has 1 saturated heterocycles. The second-order valence-electron chi connectivity index (χ2n) is 4.17. The van der Waals surface area contributed by atoms with Crippen molar-refractivity contribution < 1.29 is 14.6 Å². The van der Waals surface area contributed by atoms with Crippen molar-refractivity contribution in [2.75, 3.05) is 25.1 Å². The molecule has 0 aromatic carbocycles. The predicted octanol–water partition coefficient (Wildman–Crippen LogP) is 0.350. The average molecular weight is 251 g/mol. The molecule has 1 aliphatic heterocycles. The van der Waals surface area contributed by atoms with Crippen molar-refractivity contribution in [2.45, 2.75) is 13.0 Å². The first-order valence-electron chi connectivity index (χ1n) is 5.98. The fourth-order valence-electron chi connectivity index (χ4n) is 1.98. The number of anilines is 1. The maximum Gasteiger partial charge on any atom is 0.232 e. The van der Waals surface area contributed by atoms with Crippen molar-refractivity contribution >= 4 is 11.7 Å². The van der Waals surface area contributed by atoms with Gasteiger partial charge in [-0.3, -0.25) is 4.79 Å². The maximum atomic E-state index is 12.1. The summed E-state index contributed by atoms with van der Waals surface area (Å²) < 4.78 is 5.31. The number of likely N-dealkylation sites (N-methyl/N-ethyl adjacent to an activating group) is 1. The van der Waals surface area contributed by atoms with Gasteiger partial charge < -0.3 is 20.5 Å². The largest absolute Gasteiger partial charge is 0.504 e. The first-order chi connectivity index (χ1) is 8.72. The van der Waals surface area contributed by atoms with E-state index in [-0.39, 0.29) is 29.4 Å². The molecule has 2 heterocycles. The Labute approximate surface area is 105 Å². The molecule has 0 radical (unpaired) electrons. The highest BCUT2D eigenvalue weighted by Gasteiger charge is 2.33. The number of ether oxygens (including phenoxy) is 1. The molecule has 6 heteroatoms. The number of nitrogens with one attached hydrogen (secondary N) is 2. The number of carbonyl (C=O) groups excluding carboxylic acids is 1. The number of pyridine rings is 1. The summed E-state index contributed by atoms with van der Waals surface area (Å²) in [5.41, 5.74) is 0. The van der Waals surface area contributed by atoms with Crippen LogP contribution in [0.2, 0.25) is 0 Å². The molecule has 98 valence electrons. The number of hydrogen-bond acceptors (Lipinski definition) is 5. The van der Waals surface area contributed by atoms with Gasteiger partial charge in [-0.25, -0.2) is 4.98 Å². The summed E-state index contributed by atoms with van der Waals surface area (Å²) in [7, 11) is 0. The van der Waals surface area contributed by atoms with E-state index in [9.17, 15) is 9.90 Å². The highest BCUT2D eigenvalue weighted by atomic mass is 16.5. The van der Waals surface area contributed by atoms with Gasteiger partial charge in [0.25, 0.3) is 0 Å². The summed E-state index contributed by atoms with van der Waals surface area (Å²) in [4.78, 5) is 16.0. The van der Waals surface area contributed by atoms with Gasteiger partial charge in [0, 0.05) is 12.2 Å². The van der Waals surface area contributed by atoms with Crippen molar-refractivity contribution in [3.63, 3.8) is 0 Å². The summed E-state index contributed by atoms with van der Waals surface area (Å²) in [5.74, 6) is -0.298. The topological polar surface area (TPSA) is 83.5 Å². The second kappa shape index (κ2) is 5.79. The Morgan fingerprint density at radius 3 is 3.17 bits per heavy atom. The fraction of sp³-hybridized carbons (Fsp3) is 0.500. The van der Waals surface area contributed by atoms with E-state index in [4.69, 9.17) is 4.74 Å². The van der Waals surface area contributed by atoms with Crippen LogP contribution in [0.25, 0.3) is 0 Å². The predicted molar refractivity (Wildman–Crippen MR) is 66.3 cm³/mol. The van der Waals surface area contributed by atoms with E-state index in [1.54, 1.807) is 6.07 Å². The highest BCUT2D eigenvalue weighted by molar-refractivity contribution is 5.93. The Hall–Kier alpha value is -1.66. The molecule has 0 saturated carbocycles. The maximum absolute atomic E-state index is 12.1. The van der Waals surface area contributed by atoms with E-state index >= 15 is 0 Å². The molecular weight excluding hydrogens is 234 g/mol. The third-order valence-corrected chi connectivity index (χ3v) is 2.91. The molecule has 1 amide bonds. The molecule has 6 nitrogen and oxygen atoms in total. The molecule has 0 bridgehead atoms. The first kappa shape index (κ1) is 12.8. The van der Waals surface area contributed by atoms with Crippen LogP contribution in [-0.4, -0.2) is 41.8 Å². The van der Waals surface area contributed by atoms with Gasteiger partial charge in [0.2, 0.25) is 5.91 Å². The molecule has 1 aromatic rings. The number of hydrogen-bond donors (Lipinski definition) is 3. The van der Waals surface area contributed by atoms with E-state index < -0.39 is 0 Å². The van der Waals surface area contributed by atoms with Crippen molar-refractivity contribution in [1.82, 2.24) is 10.3 Å². The van der Waals surface area contributed by atoms with Gasteiger partial charge >= 0.3 is 0 Å². The Morgan fingerprint density at radius 1 is 1.61 bits per heavy atom. The highest BCUT2D eigenvalue weighted by Crippen LogP contribution is 2.21. The zero-order valence-corrected chi connectivity index (χ0v) is 10.2. The van der Waals surface area contributed by atoms with Gasteiger partial charge in [0.05, 0.1) is 19.1 Å². The molecule has 18 heavy (non-hydrogen) atoms. The molecule has 2 rings (SSSR count). The molecular formula is C12H17N3O3.